The number of ether oxygens (including phenoxy) is 2. The quantitative estimate of drug-likeness (QED) is 0.435. The van der Waals surface area contributed by atoms with Crippen LogP contribution in [0.15, 0.2) is 47.3 Å². The lowest BCUT2D eigenvalue weighted by Gasteiger charge is -2.24. The minimum atomic E-state index is -1.05. The van der Waals surface area contributed by atoms with Crippen molar-refractivity contribution in [2.24, 2.45) is 0 Å². The van der Waals surface area contributed by atoms with E-state index in [1.54, 1.807) is 43.5 Å². The summed E-state index contributed by atoms with van der Waals surface area (Å²) in [5.41, 5.74) is 0.482. The number of nitrogens with one attached hydrogen (secondary N) is 4. The Morgan fingerprint density at radius 3 is 2.58 bits per heavy atom. The maximum absolute atomic E-state index is 13.0. The lowest BCUT2D eigenvalue weighted by atomic mass is 9.92. The van der Waals surface area contributed by atoms with E-state index in [-0.39, 0.29) is 23.8 Å². The highest BCUT2D eigenvalue weighted by Crippen LogP contribution is 2.33. The molecule has 10 nitrogen and oxygen atoms in total. The molecule has 0 saturated heterocycles. The predicted octanol–water partition coefficient (Wildman–Crippen LogP) is 3.25. The van der Waals surface area contributed by atoms with Crippen molar-refractivity contribution in [1.82, 2.24) is 9.97 Å². The fourth-order valence-corrected chi connectivity index (χ4v) is 3.64. The van der Waals surface area contributed by atoms with Crippen LogP contribution in [0.5, 0.6) is 11.5 Å². The number of aromatic amines is 1. The zero-order valence-corrected chi connectivity index (χ0v) is 18.4. The van der Waals surface area contributed by atoms with Gasteiger partial charge in [0.25, 0.3) is 5.56 Å². The monoisotopic (exact) mass is 469 g/mol. The molecule has 0 spiro atoms. The van der Waals surface area contributed by atoms with Gasteiger partial charge in [0.15, 0.2) is 0 Å². The molecule has 11 heteroatoms. The molecular weight excluding hydrogens is 450 g/mol. The molecule has 2 amide bonds. The first-order valence-electron chi connectivity index (χ1n) is 9.87. The molecule has 1 aromatic heterocycles. The van der Waals surface area contributed by atoms with E-state index < -0.39 is 23.3 Å². The third-order valence-corrected chi connectivity index (χ3v) is 5.27. The van der Waals surface area contributed by atoms with E-state index in [4.69, 9.17) is 21.1 Å². The van der Waals surface area contributed by atoms with Crippen molar-refractivity contribution < 1.29 is 19.1 Å². The van der Waals surface area contributed by atoms with E-state index in [0.29, 0.717) is 27.9 Å². The Kier molecular flexibility index (Phi) is 6.18. The summed E-state index contributed by atoms with van der Waals surface area (Å²) < 4.78 is 10.4. The van der Waals surface area contributed by atoms with Crippen LogP contribution >= 0.6 is 11.6 Å². The van der Waals surface area contributed by atoms with Gasteiger partial charge < -0.3 is 25.4 Å². The van der Waals surface area contributed by atoms with Gasteiger partial charge in [-0.05, 0) is 42.5 Å². The molecule has 1 aliphatic heterocycles. The Hall–Kier alpha value is -4.05. The first-order chi connectivity index (χ1) is 15.9. The highest BCUT2D eigenvalue weighted by atomic mass is 35.5. The van der Waals surface area contributed by atoms with E-state index in [1.165, 1.54) is 13.2 Å². The van der Waals surface area contributed by atoms with Gasteiger partial charge >= 0.3 is 0 Å². The van der Waals surface area contributed by atoms with Gasteiger partial charge in [0.1, 0.15) is 17.3 Å². The molecule has 0 aliphatic carbocycles. The van der Waals surface area contributed by atoms with Crippen LogP contribution in [0.3, 0.4) is 0 Å². The molecule has 33 heavy (non-hydrogen) atoms. The van der Waals surface area contributed by atoms with Gasteiger partial charge in [-0.3, -0.25) is 19.4 Å². The number of amides is 2. The van der Waals surface area contributed by atoms with E-state index >= 15 is 0 Å². The topological polar surface area (TPSA) is 134 Å². The molecule has 3 aromatic rings. The Morgan fingerprint density at radius 1 is 1.12 bits per heavy atom. The lowest BCUT2D eigenvalue weighted by molar-refractivity contribution is -0.123. The first kappa shape index (κ1) is 22.2. The van der Waals surface area contributed by atoms with Crippen molar-refractivity contribution in [3.8, 4) is 11.5 Å². The Morgan fingerprint density at radius 2 is 1.88 bits per heavy atom. The van der Waals surface area contributed by atoms with Gasteiger partial charge in [0, 0.05) is 17.1 Å². The van der Waals surface area contributed by atoms with Gasteiger partial charge in [-0.2, -0.15) is 4.98 Å². The van der Waals surface area contributed by atoms with Gasteiger partial charge in [0.2, 0.25) is 17.8 Å². The fourth-order valence-electron chi connectivity index (χ4n) is 3.46. The summed E-state index contributed by atoms with van der Waals surface area (Å²) in [5.74, 6) is -0.858. The maximum Gasteiger partial charge on any atom is 0.258 e. The average molecular weight is 470 g/mol. The van der Waals surface area contributed by atoms with Gasteiger partial charge in [-0.25, -0.2) is 0 Å². The maximum atomic E-state index is 13.0. The number of H-pyrrole nitrogens is 1. The van der Waals surface area contributed by atoms with Crippen molar-refractivity contribution >= 4 is 46.6 Å². The molecule has 1 aliphatic rings. The van der Waals surface area contributed by atoms with Crippen molar-refractivity contribution in [2.45, 2.75) is 12.3 Å². The molecular formula is C22H20ClN5O5. The van der Waals surface area contributed by atoms with Crippen LogP contribution in [-0.2, 0) is 9.59 Å². The number of aromatic nitrogens is 2. The molecule has 2 heterocycles. The molecule has 2 aromatic carbocycles. The average Bonchev–Trinajstić information content (AvgIpc) is 2.79. The number of hydrogen-bond acceptors (Lipinski definition) is 7. The van der Waals surface area contributed by atoms with Crippen LogP contribution < -0.4 is 31.0 Å². The number of hydrogen-bond donors (Lipinski definition) is 4. The zero-order valence-electron chi connectivity index (χ0n) is 17.7. The van der Waals surface area contributed by atoms with E-state index in [9.17, 15) is 14.4 Å². The largest absolute Gasteiger partial charge is 0.497 e. The number of carbonyl (C=O) groups is 2. The van der Waals surface area contributed by atoms with Crippen molar-refractivity contribution in [3.05, 3.63) is 63.4 Å². The third-order valence-electron chi connectivity index (χ3n) is 5.04. The van der Waals surface area contributed by atoms with E-state index in [2.05, 4.69) is 25.9 Å². The second-order valence-corrected chi connectivity index (χ2v) is 7.61. The second-order valence-electron chi connectivity index (χ2n) is 7.17. The number of halogens is 1. The highest BCUT2D eigenvalue weighted by Gasteiger charge is 2.35. The van der Waals surface area contributed by atoms with Gasteiger partial charge in [0.05, 0.1) is 31.4 Å². The molecule has 0 unspecified atom stereocenters. The number of carbonyl (C=O) groups excluding carboxylic acids is 2. The minimum absolute atomic E-state index is 0.0178. The summed E-state index contributed by atoms with van der Waals surface area (Å²) in [6.07, 6.45) is -0.211. The summed E-state index contributed by atoms with van der Waals surface area (Å²) in [6.45, 7) is 0. The molecule has 0 saturated carbocycles. The summed E-state index contributed by atoms with van der Waals surface area (Å²) in [4.78, 5) is 45.2. The smallest absolute Gasteiger partial charge is 0.258 e. The summed E-state index contributed by atoms with van der Waals surface area (Å²) >= 11 is 6.02. The molecule has 0 radical (unpaired) electrons. The molecule has 4 rings (SSSR count). The second kappa shape index (κ2) is 9.21. The van der Waals surface area contributed by atoms with Crippen LogP contribution in [0, 0.1) is 0 Å². The van der Waals surface area contributed by atoms with Crippen LogP contribution in [0.25, 0.3) is 0 Å². The number of nitrogens with zero attached hydrogens (tertiary/aromatic N) is 1. The van der Waals surface area contributed by atoms with Crippen molar-refractivity contribution in [3.63, 3.8) is 0 Å². The fraction of sp³-hybridized carbons (Fsp3) is 0.182. The minimum Gasteiger partial charge on any atom is -0.497 e. The van der Waals surface area contributed by atoms with E-state index in [1.807, 2.05) is 0 Å². The molecule has 170 valence electrons. The molecule has 4 N–H and O–H groups in total. The summed E-state index contributed by atoms with van der Waals surface area (Å²) in [7, 11) is 3.01. The van der Waals surface area contributed by atoms with Gasteiger partial charge in [-0.15, -0.1) is 0 Å². The van der Waals surface area contributed by atoms with Crippen molar-refractivity contribution in [2.75, 3.05) is 30.2 Å². The molecule has 1 atom stereocenters. The molecule has 0 bridgehead atoms. The van der Waals surface area contributed by atoms with Crippen LogP contribution in [-0.4, -0.2) is 36.0 Å². The normalized spacial score (nSPS) is 14.6. The first-order valence-corrected chi connectivity index (χ1v) is 10.2. The predicted molar refractivity (Wildman–Crippen MR) is 124 cm³/mol. The Balaban J connectivity index is 1.63. The van der Waals surface area contributed by atoms with Crippen molar-refractivity contribution in [1.29, 1.82) is 0 Å². The summed E-state index contributed by atoms with van der Waals surface area (Å²) in [6, 6.07) is 11.7. The molecule has 0 fully saturated rings. The van der Waals surface area contributed by atoms with Crippen LogP contribution in [0.2, 0.25) is 5.02 Å². The standard InChI is InChI=1S/C22H20ClN5O5/c1-32-13-6-4-12(5-7-13)24-22-27-19-18(21(31)28-22)14(10-17(29)26-19)20(30)25-15-9-11(23)3-8-16(15)33-2/h3-9,14H,10H2,1-2H3,(H,25,30)(H3,24,26,27,28,29,31)/t14-/m1/s1. The Labute approximate surface area is 193 Å². The summed E-state index contributed by atoms with van der Waals surface area (Å²) in [5, 5.41) is 8.61. The SMILES string of the molecule is COc1ccc(Nc2nc3c(c(=O)[nH]2)[C@H](C(=O)Nc2cc(Cl)ccc2OC)CC(=O)N3)cc1. The van der Waals surface area contributed by atoms with Gasteiger partial charge in [-0.1, -0.05) is 11.6 Å². The Bertz CT molecular complexity index is 1280. The number of benzene rings is 2. The van der Waals surface area contributed by atoms with E-state index in [0.717, 1.165) is 0 Å². The number of anilines is 4. The third kappa shape index (κ3) is 4.75. The number of methoxy groups -OCH3 is 2. The zero-order chi connectivity index (χ0) is 23.5. The highest BCUT2D eigenvalue weighted by molar-refractivity contribution is 6.31. The number of rotatable bonds is 6. The lowest BCUT2D eigenvalue weighted by Crippen LogP contribution is -2.36. The number of fused-ring (bicyclic) bond motifs is 1. The van der Waals surface area contributed by atoms with Crippen LogP contribution in [0.4, 0.5) is 23.1 Å². The van der Waals surface area contributed by atoms with Crippen LogP contribution in [0.1, 0.15) is 17.9 Å².